The maximum Gasteiger partial charge on any atom is 0.244 e. The summed E-state index contributed by atoms with van der Waals surface area (Å²) in [7, 11) is 5.52. The quantitative estimate of drug-likeness (QED) is 0.839. The Labute approximate surface area is 148 Å². The van der Waals surface area contributed by atoms with Crippen molar-refractivity contribution < 1.29 is 14.0 Å². The second kappa shape index (κ2) is 6.75. The number of likely N-dealkylation sites (N-methyl/N-ethyl adjacent to an activating group) is 1. The Morgan fingerprint density at radius 3 is 2.48 bits per heavy atom. The van der Waals surface area contributed by atoms with Gasteiger partial charge in [0.25, 0.3) is 0 Å². The number of rotatable bonds is 3. The van der Waals surface area contributed by atoms with E-state index in [-0.39, 0.29) is 23.0 Å². The van der Waals surface area contributed by atoms with Crippen LogP contribution in [0.2, 0.25) is 0 Å². The first-order valence-corrected chi connectivity index (χ1v) is 8.76. The summed E-state index contributed by atoms with van der Waals surface area (Å²) in [6.07, 6.45) is 2.28. The summed E-state index contributed by atoms with van der Waals surface area (Å²) < 4.78 is 13.6. The number of carbonyl (C=O) groups is 2. The maximum atomic E-state index is 13.6. The fourth-order valence-electron chi connectivity index (χ4n) is 4.15. The number of piperidine rings is 1. The Morgan fingerprint density at radius 1 is 1.28 bits per heavy atom. The normalized spacial score (nSPS) is 21.2. The van der Waals surface area contributed by atoms with E-state index in [1.807, 2.05) is 30.9 Å². The molecule has 136 valence electrons. The summed E-state index contributed by atoms with van der Waals surface area (Å²) in [6.45, 7) is 2.09. The van der Waals surface area contributed by atoms with Crippen LogP contribution in [0.4, 0.5) is 4.39 Å². The van der Waals surface area contributed by atoms with Crippen LogP contribution in [0.15, 0.2) is 24.3 Å². The van der Waals surface area contributed by atoms with Gasteiger partial charge in [-0.05, 0) is 44.6 Å². The van der Waals surface area contributed by atoms with Crippen LogP contribution in [-0.4, -0.2) is 67.3 Å². The first kappa shape index (κ1) is 17.9. The molecule has 0 bridgehead atoms. The molecule has 5 nitrogen and oxygen atoms in total. The largest absolute Gasteiger partial charge is 0.345 e. The number of carbonyl (C=O) groups excluding carboxylic acids is 2. The van der Waals surface area contributed by atoms with E-state index < -0.39 is 6.04 Å². The van der Waals surface area contributed by atoms with Crippen LogP contribution < -0.4 is 0 Å². The average Bonchev–Trinajstić information content (AvgIpc) is 2.81. The van der Waals surface area contributed by atoms with Gasteiger partial charge in [-0.3, -0.25) is 14.5 Å². The molecule has 2 aliphatic rings. The molecule has 1 spiro atoms. The van der Waals surface area contributed by atoms with Gasteiger partial charge in [0.1, 0.15) is 11.9 Å². The number of hydrogen-bond donors (Lipinski definition) is 0. The topological polar surface area (TPSA) is 43.9 Å². The highest BCUT2D eigenvalue weighted by molar-refractivity contribution is 5.83. The Hall–Kier alpha value is -1.95. The van der Waals surface area contributed by atoms with Gasteiger partial charge in [-0.15, -0.1) is 0 Å². The number of nitrogens with zero attached hydrogens (tertiary/aromatic N) is 3. The first-order valence-electron chi connectivity index (χ1n) is 8.76. The molecule has 0 radical (unpaired) electrons. The van der Waals surface area contributed by atoms with Crippen LogP contribution in [0.25, 0.3) is 0 Å². The monoisotopic (exact) mass is 347 g/mol. The second-order valence-corrected chi connectivity index (χ2v) is 7.67. The molecule has 2 heterocycles. The van der Waals surface area contributed by atoms with Crippen molar-refractivity contribution in [1.29, 1.82) is 0 Å². The number of hydrogen-bond acceptors (Lipinski definition) is 3. The summed E-state index contributed by atoms with van der Waals surface area (Å²) >= 11 is 0. The summed E-state index contributed by atoms with van der Waals surface area (Å²) in [4.78, 5) is 30.4. The molecule has 3 rings (SSSR count). The lowest BCUT2D eigenvalue weighted by atomic mass is 9.77. The predicted molar refractivity (Wildman–Crippen MR) is 93.3 cm³/mol. The Bertz CT molecular complexity index is 668. The summed E-state index contributed by atoms with van der Waals surface area (Å²) in [5.41, 5.74) is 0.695. The van der Waals surface area contributed by atoms with Gasteiger partial charge in [0.2, 0.25) is 11.8 Å². The highest BCUT2D eigenvalue weighted by Gasteiger charge is 2.44. The number of amides is 2. The predicted octanol–water partition coefficient (Wildman–Crippen LogP) is 1.90. The molecule has 1 aromatic carbocycles. The average molecular weight is 347 g/mol. The Kier molecular flexibility index (Phi) is 4.82. The van der Waals surface area contributed by atoms with Gasteiger partial charge < -0.3 is 9.80 Å². The van der Waals surface area contributed by atoms with Crippen molar-refractivity contribution in [2.24, 2.45) is 5.41 Å². The molecule has 0 N–H and O–H groups in total. The Balaban J connectivity index is 1.71. The molecule has 6 heteroatoms. The standard InChI is InChI=1S/C19H26FN3O2/c1-21(2)17(14-5-4-6-15(20)11-14)18(25)23-9-7-19(8-10-23)12-16(24)22(3)13-19/h4-6,11,17H,7-10,12-13H2,1-3H3/t17-/m0/s1. The number of halogens is 1. The zero-order valence-corrected chi connectivity index (χ0v) is 15.2. The van der Waals surface area contributed by atoms with Crippen LogP contribution in [0, 0.1) is 11.2 Å². The van der Waals surface area contributed by atoms with E-state index >= 15 is 0 Å². The lowest BCUT2D eigenvalue weighted by molar-refractivity contribution is -0.138. The van der Waals surface area contributed by atoms with E-state index in [0.29, 0.717) is 25.1 Å². The van der Waals surface area contributed by atoms with Gasteiger partial charge in [-0.25, -0.2) is 4.39 Å². The molecule has 1 aromatic rings. The molecule has 2 aliphatic heterocycles. The van der Waals surface area contributed by atoms with E-state index in [1.165, 1.54) is 12.1 Å². The van der Waals surface area contributed by atoms with Crippen molar-refractivity contribution >= 4 is 11.8 Å². The van der Waals surface area contributed by atoms with E-state index in [4.69, 9.17) is 0 Å². The summed E-state index contributed by atoms with van der Waals surface area (Å²) in [5.74, 6) is -0.129. The minimum Gasteiger partial charge on any atom is -0.345 e. The highest BCUT2D eigenvalue weighted by atomic mass is 19.1. The smallest absolute Gasteiger partial charge is 0.244 e. The molecule has 2 fully saturated rings. The van der Waals surface area contributed by atoms with Crippen molar-refractivity contribution in [2.75, 3.05) is 40.8 Å². The van der Waals surface area contributed by atoms with Crippen molar-refractivity contribution in [2.45, 2.75) is 25.3 Å². The third-order valence-electron chi connectivity index (χ3n) is 5.58. The molecule has 2 amide bonds. The molecular weight excluding hydrogens is 321 g/mol. The zero-order chi connectivity index (χ0) is 18.2. The van der Waals surface area contributed by atoms with Crippen LogP contribution in [0.1, 0.15) is 30.9 Å². The minimum absolute atomic E-state index is 0.00290. The van der Waals surface area contributed by atoms with Gasteiger partial charge in [0.05, 0.1) is 0 Å². The first-order chi connectivity index (χ1) is 11.8. The van der Waals surface area contributed by atoms with Crippen molar-refractivity contribution in [1.82, 2.24) is 14.7 Å². The lowest BCUT2D eigenvalue weighted by Crippen LogP contribution is -2.47. The van der Waals surface area contributed by atoms with Crippen LogP contribution >= 0.6 is 0 Å². The molecule has 0 aromatic heterocycles. The highest BCUT2D eigenvalue weighted by Crippen LogP contribution is 2.41. The molecule has 0 unspecified atom stereocenters. The molecule has 2 saturated heterocycles. The van der Waals surface area contributed by atoms with Crippen molar-refractivity contribution in [3.8, 4) is 0 Å². The van der Waals surface area contributed by atoms with Crippen LogP contribution in [0.3, 0.4) is 0 Å². The summed E-state index contributed by atoms with van der Waals surface area (Å²) in [5, 5.41) is 0. The molecule has 0 saturated carbocycles. The molecule has 0 aliphatic carbocycles. The fourth-order valence-corrected chi connectivity index (χ4v) is 4.15. The van der Waals surface area contributed by atoms with Gasteiger partial charge in [0, 0.05) is 38.5 Å². The lowest BCUT2D eigenvalue weighted by Gasteiger charge is -2.40. The Morgan fingerprint density at radius 2 is 1.96 bits per heavy atom. The summed E-state index contributed by atoms with van der Waals surface area (Å²) in [6, 6.07) is 5.76. The number of likely N-dealkylation sites (tertiary alicyclic amines) is 2. The van der Waals surface area contributed by atoms with E-state index in [1.54, 1.807) is 17.0 Å². The SMILES string of the molecule is CN1CC2(CCN(C(=O)[C@H](c3cccc(F)c3)N(C)C)CC2)CC1=O. The fraction of sp³-hybridized carbons (Fsp3) is 0.579. The zero-order valence-electron chi connectivity index (χ0n) is 15.2. The molecular formula is C19H26FN3O2. The second-order valence-electron chi connectivity index (χ2n) is 7.67. The van der Waals surface area contributed by atoms with Crippen LogP contribution in [-0.2, 0) is 9.59 Å². The van der Waals surface area contributed by atoms with Gasteiger partial charge in [0.15, 0.2) is 0 Å². The van der Waals surface area contributed by atoms with E-state index in [0.717, 1.165) is 19.4 Å². The van der Waals surface area contributed by atoms with Gasteiger partial charge >= 0.3 is 0 Å². The number of benzene rings is 1. The third-order valence-corrected chi connectivity index (χ3v) is 5.58. The van der Waals surface area contributed by atoms with Crippen LogP contribution in [0.5, 0.6) is 0 Å². The van der Waals surface area contributed by atoms with Gasteiger partial charge in [-0.2, -0.15) is 0 Å². The maximum absolute atomic E-state index is 13.6. The van der Waals surface area contributed by atoms with Crippen molar-refractivity contribution in [3.05, 3.63) is 35.6 Å². The van der Waals surface area contributed by atoms with Gasteiger partial charge in [-0.1, -0.05) is 12.1 Å². The van der Waals surface area contributed by atoms with E-state index in [2.05, 4.69) is 0 Å². The van der Waals surface area contributed by atoms with Crippen molar-refractivity contribution in [3.63, 3.8) is 0 Å². The molecule has 1 atom stereocenters. The molecule has 25 heavy (non-hydrogen) atoms. The third kappa shape index (κ3) is 3.54. The van der Waals surface area contributed by atoms with E-state index in [9.17, 15) is 14.0 Å². The minimum atomic E-state index is -0.488.